The second-order valence-corrected chi connectivity index (χ2v) is 6.80. The Bertz CT molecular complexity index is 708. The summed E-state index contributed by atoms with van der Waals surface area (Å²) in [4.78, 5) is 23.7. The minimum absolute atomic E-state index is 0.0236. The van der Waals surface area contributed by atoms with E-state index in [4.69, 9.17) is 21.1 Å². The molecule has 1 amide bonds. The Kier molecular flexibility index (Phi) is 8.73. The van der Waals surface area contributed by atoms with Crippen LogP contribution in [0, 0.1) is 0 Å². The number of carbonyl (C=O) groups is 2. The number of rotatable bonds is 8. The molecule has 162 valence electrons. The molecule has 29 heavy (non-hydrogen) atoms. The summed E-state index contributed by atoms with van der Waals surface area (Å²) < 4.78 is 54.6. The smallest absolute Gasteiger partial charge is 0.465 e. The number of nitrogens with zero attached hydrogens (tertiary/aromatic N) is 1. The van der Waals surface area contributed by atoms with Gasteiger partial charge in [0.15, 0.2) is 6.29 Å². The summed E-state index contributed by atoms with van der Waals surface area (Å²) in [6.07, 6.45) is -2.08. The number of anilines is 1. The summed E-state index contributed by atoms with van der Waals surface area (Å²) in [5.74, 6) is -3.16. The summed E-state index contributed by atoms with van der Waals surface area (Å²) in [6, 6.07) is 4.26. The van der Waals surface area contributed by atoms with E-state index in [0.29, 0.717) is 25.2 Å². The van der Waals surface area contributed by atoms with Crippen LogP contribution in [-0.4, -0.2) is 50.7 Å². The SMILES string of the molecule is CCOC(=O)CN(C(=O)C(F)(F)F)c1ccc(CCOC2CCCCO2)cc1Cl. The lowest BCUT2D eigenvalue weighted by Gasteiger charge is -2.24. The highest BCUT2D eigenvalue weighted by molar-refractivity contribution is 6.34. The van der Waals surface area contributed by atoms with Crippen molar-refractivity contribution in [2.24, 2.45) is 0 Å². The number of ether oxygens (including phenoxy) is 3. The highest BCUT2D eigenvalue weighted by atomic mass is 35.5. The van der Waals surface area contributed by atoms with Crippen LogP contribution >= 0.6 is 11.6 Å². The zero-order valence-electron chi connectivity index (χ0n) is 16.0. The Balaban J connectivity index is 2.08. The molecular formula is C19H23ClF3NO5. The minimum atomic E-state index is -5.16. The van der Waals surface area contributed by atoms with Gasteiger partial charge in [-0.2, -0.15) is 13.2 Å². The molecule has 6 nitrogen and oxygen atoms in total. The molecular weight excluding hydrogens is 415 g/mol. The standard InChI is InChI=1S/C19H23ClF3NO5/c1-2-27-16(25)12-24(18(26)19(21,22)23)15-7-6-13(11-14(15)20)8-10-29-17-5-3-4-9-28-17/h6-7,11,17H,2-5,8-10,12H2,1H3. The van der Waals surface area contributed by atoms with Crippen molar-refractivity contribution in [3.8, 4) is 0 Å². The van der Waals surface area contributed by atoms with Gasteiger partial charge in [-0.05, 0) is 50.3 Å². The molecule has 1 aromatic carbocycles. The van der Waals surface area contributed by atoms with Crippen molar-refractivity contribution in [3.63, 3.8) is 0 Å². The maximum Gasteiger partial charge on any atom is 0.471 e. The lowest BCUT2D eigenvalue weighted by molar-refractivity contribution is -0.171. The predicted octanol–water partition coefficient (Wildman–Crippen LogP) is 3.88. The molecule has 1 aromatic rings. The molecule has 0 saturated carbocycles. The molecule has 0 bridgehead atoms. The Hall–Kier alpha value is -1.84. The molecule has 1 fully saturated rings. The van der Waals surface area contributed by atoms with Gasteiger partial charge >= 0.3 is 18.1 Å². The largest absolute Gasteiger partial charge is 0.471 e. The van der Waals surface area contributed by atoms with Crippen LogP contribution < -0.4 is 4.90 Å². The third-order valence-corrected chi connectivity index (χ3v) is 4.52. The van der Waals surface area contributed by atoms with Crippen molar-refractivity contribution in [2.45, 2.75) is 45.1 Å². The highest BCUT2D eigenvalue weighted by Crippen LogP contribution is 2.31. The molecule has 0 aromatic heterocycles. The Labute approximate surface area is 171 Å². The lowest BCUT2D eigenvalue weighted by Crippen LogP contribution is -2.44. The Morgan fingerprint density at radius 2 is 2.07 bits per heavy atom. The van der Waals surface area contributed by atoms with Crippen LogP contribution in [0.25, 0.3) is 0 Å². The number of amides is 1. The van der Waals surface area contributed by atoms with E-state index in [1.807, 2.05) is 0 Å². The summed E-state index contributed by atoms with van der Waals surface area (Å²) in [5, 5.41) is -0.0849. The highest BCUT2D eigenvalue weighted by Gasteiger charge is 2.44. The predicted molar refractivity (Wildman–Crippen MR) is 99.7 cm³/mol. The van der Waals surface area contributed by atoms with Crippen molar-refractivity contribution in [3.05, 3.63) is 28.8 Å². The number of hydrogen-bond acceptors (Lipinski definition) is 5. The molecule has 1 atom stereocenters. The van der Waals surface area contributed by atoms with Gasteiger partial charge in [0.05, 0.1) is 23.9 Å². The van der Waals surface area contributed by atoms with Crippen LogP contribution in [0.15, 0.2) is 18.2 Å². The van der Waals surface area contributed by atoms with E-state index < -0.39 is 24.6 Å². The molecule has 0 spiro atoms. The maximum atomic E-state index is 13.0. The zero-order chi connectivity index (χ0) is 21.4. The average molecular weight is 438 g/mol. The van der Waals surface area contributed by atoms with Gasteiger partial charge < -0.3 is 14.2 Å². The topological polar surface area (TPSA) is 65.1 Å². The maximum absolute atomic E-state index is 13.0. The van der Waals surface area contributed by atoms with Gasteiger partial charge in [0.2, 0.25) is 0 Å². The molecule has 0 aliphatic carbocycles. The first kappa shape index (κ1) is 23.4. The van der Waals surface area contributed by atoms with Crippen LogP contribution in [0.5, 0.6) is 0 Å². The fraction of sp³-hybridized carbons (Fsp3) is 0.579. The molecule has 10 heteroatoms. The molecule has 1 aliphatic rings. The van der Waals surface area contributed by atoms with E-state index in [1.54, 1.807) is 0 Å². The van der Waals surface area contributed by atoms with Crippen molar-refractivity contribution >= 4 is 29.2 Å². The van der Waals surface area contributed by atoms with E-state index in [-0.39, 0.29) is 28.5 Å². The fourth-order valence-electron chi connectivity index (χ4n) is 2.83. The van der Waals surface area contributed by atoms with Crippen molar-refractivity contribution < 1.29 is 37.0 Å². The third kappa shape index (κ3) is 7.17. The molecule has 0 radical (unpaired) electrons. The normalized spacial score (nSPS) is 17.1. The summed E-state index contributed by atoms with van der Waals surface area (Å²) >= 11 is 6.13. The Morgan fingerprint density at radius 3 is 2.66 bits per heavy atom. The van der Waals surface area contributed by atoms with Gasteiger partial charge in [-0.15, -0.1) is 0 Å². The van der Waals surface area contributed by atoms with Gasteiger partial charge in [-0.1, -0.05) is 17.7 Å². The average Bonchev–Trinajstić information content (AvgIpc) is 2.66. The number of alkyl halides is 3. The van der Waals surface area contributed by atoms with Crippen LogP contribution in [0.1, 0.15) is 31.7 Å². The minimum Gasteiger partial charge on any atom is -0.465 e. The monoisotopic (exact) mass is 437 g/mol. The van der Waals surface area contributed by atoms with Crippen molar-refractivity contribution in [1.29, 1.82) is 0 Å². The fourth-order valence-corrected chi connectivity index (χ4v) is 3.14. The number of benzene rings is 1. The molecule has 1 unspecified atom stereocenters. The van der Waals surface area contributed by atoms with Gasteiger partial charge in [0.1, 0.15) is 6.54 Å². The number of halogens is 4. The summed E-state index contributed by atoms with van der Waals surface area (Å²) in [7, 11) is 0. The van der Waals surface area contributed by atoms with Gasteiger partial charge in [-0.3, -0.25) is 14.5 Å². The molecule has 2 rings (SSSR count). The van der Waals surface area contributed by atoms with Gasteiger partial charge in [0.25, 0.3) is 0 Å². The van der Waals surface area contributed by atoms with E-state index in [1.165, 1.54) is 25.1 Å². The first-order valence-corrected chi connectivity index (χ1v) is 9.66. The molecule has 1 heterocycles. The van der Waals surface area contributed by atoms with Gasteiger partial charge in [-0.25, -0.2) is 0 Å². The van der Waals surface area contributed by atoms with Crippen LogP contribution in [0.2, 0.25) is 5.02 Å². The number of carbonyl (C=O) groups excluding carboxylic acids is 2. The zero-order valence-corrected chi connectivity index (χ0v) is 16.7. The van der Waals surface area contributed by atoms with E-state index in [9.17, 15) is 22.8 Å². The summed E-state index contributed by atoms with van der Waals surface area (Å²) in [6.45, 7) is 1.61. The second-order valence-electron chi connectivity index (χ2n) is 6.40. The quantitative estimate of drug-likeness (QED) is 0.577. The molecule has 1 saturated heterocycles. The second kappa shape index (κ2) is 10.8. The van der Waals surface area contributed by atoms with E-state index in [2.05, 4.69) is 4.74 Å². The first-order valence-electron chi connectivity index (χ1n) is 9.28. The summed E-state index contributed by atoms with van der Waals surface area (Å²) in [5.41, 5.74) is 0.493. The molecule has 0 N–H and O–H groups in total. The van der Waals surface area contributed by atoms with E-state index in [0.717, 1.165) is 19.3 Å². The lowest BCUT2D eigenvalue weighted by atomic mass is 10.1. The van der Waals surface area contributed by atoms with Crippen LogP contribution in [-0.2, 0) is 30.2 Å². The number of esters is 1. The third-order valence-electron chi connectivity index (χ3n) is 4.22. The van der Waals surface area contributed by atoms with Crippen LogP contribution in [0.3, 0.4) is 0 Å². The van der Waals surface area contributed by atoms with Crippen molar-refractivity contribution in [2.75, 3.05) is 31.3 Å². The van der Waals surface area contributed by atoms with E-state index >= 15 is 0 Å². The Morgan fingerprint density at radius 1 is 1.31 bits per heavy atom. The first-order chi connectivity index (χ1) is 13.7. The number of hydrogen-bond donors (Lipinski definition) is 0. The van der Waals surface area contributed by atoms with Crippen LogP contribution in [0.4, 0.5) is 18.9 Å². The van der Waals surface area contributed by atoms with Crippen molar-refractivity contribution in [1.82, 2.24) is 0 Å². The molecule has 1 aliphatic heterocycles. The van der Waals surface area contributed by atoms with Gasteiger partial charge in [0, 0.05) is 6.61 Å².